The summed E-state index contributed by atoms with van der Waals surface area (Å²) in [6, 6.07) is 0. The Bertz CT molecular complexity index is 495. The molecule has 1 radical (unpaired) electrons. The molecular weight excluding hydrogens is 569 g/mol. The summed E-state index contributed by atoms with van der Waals surface area (Å²) in [4.78, 5) is 56.0. The molecule has 0 saturated carbocycles. The molecule has 0 aliphatic heterocycles. The summed E-state index contributed by atoms with van der Waals surface area (Å²) >= 11 is 0. The van der Waals surface area contributed by atoms with Crippen molar-refractivity contribution in [3.05, 3.63) is 0 Å². The van der Waals surface area contributed by atoms with Gasteiger partial charge < -0.3 is 96.2 Å². The number of quaternary nitrogens is 1. The first-order valence-electron chi connectivity index (χ1n) is 9.19. The van der Waals surface area contributed by atoms with Crippen molar-refractivity contribution >= 4 is 35.8 Å². The first-order valence-corrected chi connectivity index (χ1v) is 9.19. The van der Waals surface area contributed by atoms with Crippen molar-refractivity contribution in [1.29, 1.82) is 0 Å². The van der Waals surface area contributed by atoms with Crippen LogP contribution in [0.4, 0.5) is 0 Å². The van der Waals surface area contributed by atoms with E-state index in [1.807, 2.05) is 0 Å². The zero-order valence-electron chi connectivity index (χ0n) is 21.5. The van der Waals surface area contributed by atoms with E-state index in [1.165, 1.54) is 0 Å². The van der Waals surface area contributed by atoms with Crippen molar-refractivity contribution in [2.24, 2.45) is 0 Å². The van der Waals surface area contributed by atoms with E-state index >= 15 is 0 Å². The van der Waals surface area contributed by atoms with Crippen LogP contribution in [0.15, 0.2) is 0 Å². The van der Waals surface area contributed by atoms with Gasteiger partial charge in [-0.25, -0.2) is 0 Å². The third-order valence-electron chi connectivity index (χ3n) is 2.05. The molecule has 229 valence electrons. The predicted molar refractivity (Wildman–Crippen MR) is 106 cm³/mol. The fraction of sp³-hybridized carbons (Fsp3) is 0.667. The summed E-state index contributed by atoms with van der Waals surface area (Å²) in [6.07, 6.45) is -8.06. The van der Waals surface area contributed by atoms with Crippen LogP contribution in [0.2, 0.25) is 0 Å². The van der Waals surface area contributed by atoms with E-state index in [0.717, 1.165) is 41.5 Å². The number of carbonyl (C=O) groups excluding carboxylic acids is 6. The van der Waals surface area contributed by atoms with E-state index in [9.17, 15) is 59.4 Å². The van der Waals surface area contributed by atoms with Gasteiger partial charge in [0, 0.05) is 18.6 Å². The maximum Gasteiger partial charge on any atom is 0.0905 e. The van der Waals surface area contributed by atoms with E-state index in [1.54, 1.807) is 0 Å². The van der Waals surface area contributed by atoms with Gasteiger partial charge in [0.05, 0.1) is 72.4 Å². The van der Waals surface area contributed by atoms with E-state index < -0.39 is 72.4 Å². The van der Waals surface area contributed by atoms with Crippen LogP contribution in [0.5, 0.6) is 0 Å². The molecule has 0 saturated heterocycles. The van der Waals surface area contributed by atoms with Crippen molar-refractivity contribution in [1.82, 2.24) is 6.15 Å². The Hall–Kier alpha value is -2.88. The molecule has 0 aromatic heterocycles. The molecule has 38 heavy (non-hydrogen) atoms. The number of carbonyl (C=O) groups is 6. The van der Waals surface area contributed by atoms with Gasteiger partial charge in [0.15, 0.2) is 0 Å². The number of carboxylic acids is 6. The van der Waals surface area contributed by atoms with Crippen LogP contribution in [0.25, 0.3) is 0 Å². The van der Waals surface area contributed by atoms with Crippen LogP contribution in [0, 0.1) is 0 Å². The molecular formula is C18H34NO18V-5. The van der Waals surface area contributed by atoms with Crippen LogP contribution in [0.3, 0.4) is 0 Å². The van der Waals surface area contributed by atoms with Gasteiger partial charge in [0.25, 0.3) is 0 Å². The quantitative estimate of drug-likeness (QED) is 0.148. The summed E-state index contributed by atoms with van der Waals surface area (Å²) in [5.74, 6) is -8.61. The standard InChI is InChI=1S/6C3H6O3.H3N.V/c6*1-2(4)3(5)6;;/h6*2,4H,1H3,(H,5,6);1H3;/p-5. The third-order valence-corrected chi connectivity index (χ3v) is 2.05. The van der Waals surface area contributed by atoms with E-state index in [0.29, 0.717) is 0 Å². The Morgan fingerprint density at radius 2 is 0.395 bits per heavy atom. The minimum atomic E-state index is -1.44. The van der Waals surface area contributed by atoms with Crippen LogP contribution in [-0.2, 0) is 47.3 Å². The van der Waals surface area contributed by atoms with Crippen molar-refractivity contribution in [2.75, 3.05) is 0 Å². The van der Waals surface area contributed by atoms with Gasteiger partial charge >= 0.3 is 0 Å². The molecule has 6 unspecified atom stereocenters. The topological polar surface area (TPSA) is 399 Å². The zero-order valence-corrected chi connectivity index (χ0v) is 22.9. The Morgan fingerprint density at radius 1 is 0.368 bits per heavy atom. The zero-order chi connectivity index (χ0) is 30.9. The van der Waals surface area contributed by atoms with Crippen LogP contribution < -0.4 is 36.8 Å². The second-order valence-electron chi connectivity index (χ2n) is 5.97. The Kier molecular flexibility index (Phi) is 49.9. The number of aliphatic hydroxyl groups is 6. The van der Waals surface area contributed by atoms with Crippen LogP contribution >= 0.6 is 0 Å². The normalized spacial score (nSPS) is 12.9. The molecule has 19 nitrogen and oxygen atoms in total. The third kappa shape index (κ3) is 76.6. The molecule has 10 N–H and O–H groups in total. The fourth-order valence-corrected chi connectivity index (χ4v) is 0. The second-order valence-corrected chi connectivity index (χ2v) is 5.97. The van der Waals surface area contributed by atoms with Gasteiger partial charge in [-0.1, -0.05) is 0 Å². The molecule has 0 rings (SSSR count). The maximum atomic E-state index is 9.34. The maximum absolute atomic E-state index is 9.34. The molecule has 0 amide bonds. The monoisotopic (exact) mass is 603 g/mol. The van der Waals surface area contributed by atoms with Crippen LogP contribution in [0.1, 0.15) is 41.5 Å². The van der Waals surface area contributed by atoms with E-state index in [4.69, 9.17) is 30.6 Å². The summed E-state index contributed by atoms with van der Waals surface area (Å²) in [6.45, 7) is 6.81. The number of aliphatic hydroxyl groups excluding tert-OH is 6. The van der Waals surface area contributed by atoms with Gasteiger partial charge in [-0.2, -0.15) is 0 Å². The minimum absolute atomic E-state index is 0. The second kappa shape index (κ2) is 34.1. The van der Waals surface area contributed by atoms with Crippen LogP contribution in [-0.4, -0.2) is 103 Å². The largest absolute Gasteiger partial charge is 0.547 e. The smallest absolute Gasteiger partial charge is 0.0905 e. The number of carboxylic acid groups (broad SMARTS) is 6. The molecule has 6 atom stereocenters. The summed E-state index contributed by atoms with van der Waals surface area (Å²) in [7, 11) is 0. The average Bonchev–Trinajstić information content (AvgIpc) is 2.69. The molecule has 0 aliphatic rings. The molecule has 0 bridgehead atoms. The summed E-state index contributed by atoms with van der Waals surface area (Å²) in [5, 5.41) is 104. The Balaban J connectivity index is -0.0000000469. The number of hydrogen-bond donors (Lipinski definition) is 7. The molecule has 0 aromatic rings. The van der Waals surface area contributed by atoms with E-state index in [-0.39, 0.29) is 24.7 Å². The fourth-order valence-electron chi connectivity index (χ4n) is 0. The molecule has 0 heterocycles. The Labute approximate surface area is 229 Å². The summed E-state index contributed by atoms with van der Waals surface area (Å²) < 4.78 is 0. The first-order chi connectivity index (χ1) is 15.9. The number of hydrogen-bond acceptors (Lipinski definition) is 18. The molecule has 0 aliphatic carbocycles. The Morgan fingerprint density at radius 3 is 0.395 bits per heavy atom. The molecule has 0 spiro atoms. The molecule has 20 heteroatoms. The minimum Gasteiger partial charge on any atom is -0.547 e. The predicted octanol–water partition coefficient (Wildman–Crippen LogP) is -10.9. The van der Waals surface area contributed by atoms with Gasteiger partial charge in [0.2, 0.25) is 0 Å². The number of aliphatic carboxylic acids is 6. The van der Waals surface area contributed by atoms with Crippen molar-refractivity contribution in [3.8, 4) is 0 Å². The SMILES string of the molecule is CC(O)C(=O)[O-].CC(O)C(=O)[O-].CC(O)C(=O)[O-].CC(O)C(=O)[O-].CC(O)C(=O)[O-].CC(O)C(=O)[O-].[NH4+].[V]. The molecule has 0 fully saturated rings. The van der Waals surface area contributed by atoms with Gasteiger partial charge in [-0.3, -0.25) is 0 Å². The van der Waals surface area contributed by atoms with Crippen molar-refractivity contribution in [2.45, 2.75) is 78.2 Å². The van der Waals surface area contributed by atoms with Gasteiger partial charge in [0.1, 0.15) is 0 Å². The first kappa shape index (κ1) is 55.6. The number of rotatable bonds is 6. The van der Waals surface area contributed by atoms with Crippen molar-refractivity contribution in [3.63, 3.8) is 0 Å². The van der Waals surface area contributed by atoms with Gasteiger partial charge in [-0.15, -0.1) is 0 Å². The van der Waals surface area contributed by atoms with Crippen molar-refractivity contribution < 1.29 is 109 Å². The van der Waals surface area contributed by atoms with E-state index in [2.05, 4.69) is 0 Å². The summed E-state index contributed by atoms with van der Waals surface area (Å²) in [5.41, 5.74) is 0. The van der Waals surface area contributed by atoms with Gasteiger partial charge in [-0.05, 0) is 41.5 Å². The average molecular weight is 603 g/mol. The molecule has 0 aromatic carbocycles.